The molecule has 2 aromatic carbocycles. The van der Waals surface area contributed by atoms with Gasteiger partial charge < -0.3 is 14.2 Å². The third-order valence-corrected chi connectivity index (χ3v) is 3.70. The van der Waals surface area contributed by atoms with Crippen molar-refractivity contribution >= 4 is 29.9 Å². The van der Waals surface area contributed by atoms with Gasteiger partial charge >= 0.3 is 17.9 Å². The molecule has 1 aliphatic heterocycles. The van der Waals surface area contributed by atoms with E-state index in [2.05, 4.69) is 4.99 Å². The second-order valence-electron chi connectivity index (χ2n) is 6.10. The highest BCUT2D eigenvalue weighted by Gasteiger charge is 2.24. The largest absolute Gasteiger partial charge is 0.423 e. The van der Waals surface area contributed by atoms with Gasteiger partial charge in [-0.25, -0.2) is 9.79 Å². The summed E-state index contributed by atoms with van der Waals surface area (Å²) in [6, 6.07) is 12.0. The zero-order chi connectivity index (χ0) is 20.3. The first-order valence-electron chi connectivity index (χ1n) is 8.42. The third-order valence-electron chi connectivity index (χ3n) is 3.70. The van der Waals surface area contributed by atoms with Crippen molar-refractivity contribution in [1.82, 2.24) is 0 Å². The maximum atomic E-state index is 12.1. The molecular formula is C21H17NO6. The predicted octanol–water partition coefficient (Wildman–Crippen LogP) is 3.19. The Morgan fingerprint density at radius 1 is 0.964 bits per heavy atom. The van der Waals surface area contributed by atoms with Crippen molar-refractivity contribution in [1.29, 1.82) is 0 Å². The standard InChI is InChI=1S/C21H17NO6/c1-12-4-7-16(8-5-12)20-22-17(21(25)28-20)10-15-6-9-18(26-13(2)23)19(11-15)27-14(3)24/h4-11H,1-3H3. The summed E-state index contributed by atoms with van der Waals surface area (Å²) in [5, 5.41) is 0. The number of hydrogen-bond donors (Lipinski definition) is 0. The van der Waals surface area contributed by atoms with Crippen LogP contribution in [0.5, 0.6) is 11.5 Å². The smallest absolute Gasteiger partial charge is 0.363 e. The van der Waals surface area contributed by atoms with Gasteiger partial charge in [-0.1, -0.05) is 23.8 Å². The number of aliphatic imine (C=N–C) groups is 1. The molecule has 7 heteroatoms. The molecule has 1 heterocycles. The van der Waals surface area contributed by atoms with Crippen LogP contribution in [0.3, 0.4) is 0 Å². The summed E-state index contributed by atoms with van der Waals surface area (Å²) in [4.78, 5) is 38.9. The van der Waals surface area contributed by atoms with Crippen LogP contribution in [0.15, 0.2) is 53.2 Å². The maximum Gasteiger partial charge on any atom is 0.363 e. The molecule has 0 unspecified atom stereocenters. The Kier molecular flexibility index (Phi) is 5.35. The lowest BCUT2D eigenvalue weighted by molar-refractivity contribution is -0.134. The minimum atomic E-state index is -0.589. The van der Waals surface area contributed by atoms with E-state index in [1.165, 1.54) is 32.1 Å². The molecule has 0 spiro atoms. The second kappa shape index (κ2) is 7.87. The number of carbonyl (C=O) groups excluding carboxylic acids is 3. The fourth-order valence-electron chi connectivity index (χ4n) is 2.47. The first-order valence-corrected chi connectivity index (χ1v) is 8.42. The fraction of sp³-hybridized carbons (Fsp3) is 0.143. The molecule has 0 N–H and O–H groups in total. The predicted molar refractivity (Wildman–Crippen MR) is 101 cm³/mol. The number of carbonyl (C=O) groups is 3. The summed E-state index contributed by atoms with van der Waals surface area (Å²) in [5.41, 5.74) is 2.39. The molecule has 142 valence electrons. The molecule has 0 radical (unpaired) electrons. The topological polar surface area (TPSA) is 91.3 Å². The van der Waals surface area contributed by atoms with Crippen LogP contribution < -0.4 is 9.47 Å². The lowest BCUT2D eigenvalue weighted by atomic mass is 10.1. The van der Waals surface area contributed by atoms with Gasteiger partial charge in [0.25, 0.3) is 0 Å². The molecule has 3 rings (SSSR count). The highest BCUT2D eigenvalue weighted by Crippen LogP contribution is 2.30. The molecule has 2 aromatic rings. The number of esters is 3. The van der Waals surface area contributed by atoms with Crippen molar-refractivity contribution in [2.45, 2.75) is 20.8 Å². The van der Waals surface area contributed by atoms with Gasteiger partial charge in [0, 0.05) is 19.4 Å². The number of cyclic esters (lactones) is 1. The zero-order valence-corrected chi connectivity index (χ0v) is 15.5. The highest BCUT2D eigenvalue weighted by molar-refractivity contribution is 6.12. The summed E-state index contributed by atoms with van der Waals surface area (Å²) in [5.74, 6) is -1.33. The Morgan fingerprint density at radius 3 is 2.25 bits per heavy atom. The second-order valence-corrected chi connectivity index (χ2v) is 6.10. The van der Waals surface area contributed by atoms with Crippen molar-refractivity contribution in [2.24, 2.45) is 4.99 Å². The van der Waals surface area contributed by atoms with Gasteiger partial charge in [0.1, 0.15) is 0 Å². The fourth-order valence-corrected chi connectivity index (χ4v) is 2.47. The normalized spacial score (nSPS) is 14.5. The molecule has 7 nitrogen and oxygen atoms in total. The van der Waals surface area contributed by atoms with Crippen molar-refractivity contribution in [3.05, 3.63) is 64.9 Å². The van der Waals surface area contributed by atoms with Crippen LogP contribution in [0.2, 0.25) is 0 Å². The van der Waals surface area contributed by atoms with E-state index in [0.717, 1.165) is 5.56 Å². The molecule has 0 saturated heterocycles. The van der Waals surface area contributed by atoms with Crippen molar-refractivity contribution in [3.63, 3.8) is 0 Å². The van der Waals surface area contributed by atoms with Crippen LogP contribution in [0.25, 0.3) is 6.08 Å². The monoisotopic (exact) mass is 379 g/mol. The first-order chi connectivity index (χ1) is 13.3. The number of nitrogens with zero attached hydrogens (tertiary/aromatic N) is 1. The highest BCUT2D eigenvalue weighted by atomic mass is 16.6. The Morgan fingerprint density at radius 2 is 1.61 bits per heavy atom. The van der Waals surface area contributed by atoms with Crippen LogP contribution >= 0.6 is 0 Å². The molecule has 0 aliphatic carbocycles. The van der Waals surface area contributed by atoms with E-state index in [0.29, 0.717) is 11.1 Å². The lowest BCUT2D eigenvalue weighted by Crippen LogP contribution is -2.07. The molecule has 1 aliphatic rings. The quantitative estimate of drug-likeness (QED) is 0.460. The van der Waals surface area contributed by atoms with Gasteiger partial charge in [-0.15, -0.1) is 0 Å². The first kappa shape index (κ1) is 19.0. The van der Waals surface area contributed by atoms with Crippen LogP contribution in [0.4, 0.5) is 0 Å². The van der Waals surface area contributed by atoms with E-state index in [-0.39, 0.29) is 23.1 Å². The minimum Gasteiger partial charge on any atom is -0.423 e. The summed E-state index contributed by atoms with van der Waals surface area (Å²) >= 11 is 0. The zero-order valence-electron chi connectivity index (χ0n) is 15.5. The van der Waals surface area contributed by atoms with Gasteiger partial charge in [0.2, 0.25) is 5.90 Å². The Labute approximate surface area is 161 Å². The number of aryl methyl sites for hydroxylation is 1. The molecule has 0 saturated carbocycles. The number of hydrogen-bond acceptors (Lipinski definition) is 7. The molecule has 28 heavy (non-hydrogen) atoms. The average molecular weight is 379 g/mol. The summed E-state index contributed by atoms with van der Waals surface area (Å²) in [7, 11) is 0. The Bertz CT molecular complexity index is 1020. The minimum absolute atomic E-state index is 0.0613. The summed E-state index contributed by atoms with van der Waals surface area (Å²) in [6.07, 6.45) is 1.49. The number of ether oxygens (including phenoxy) is 3. The van der Waals surface area contributed by atoms with E-state index in [9.17, 15) is 14.4 Å². The van der Waals surface area contributed by atoms with Gasteiger partial charge in [0.05, 0.1) is 0 Å². The maximum absolute atomic E-state index is 12.1. The average Bonchev–Trinajstić information content (AvgIpc) is 2.97. The van der Waals surface area contributed by atoms with Crippen molar-refractivity contribution < 1.29 is 28.6 Å². The van der Waals surface area contributed by atoms with Gasteiger partial charge in [-0.2, -0.15) is 0 Å². The van der Waals surface area contributed by atoms with Crippen LogP contribution in [0.1, 0.15) is 30.5 Å². The van der Waals surface area contributed by atoms with Crippen LogP contribution in [-0.2, 0) is 19.1 Å². The summed E-state index contributed by atoms with van der Waals surface area (Å²) in [6.45, 7) is 4.43. The molecule has 0 bridgehead atoms. The number of rotatable bonds is 4. The van der Waals surface area contributed by atoms with Crippen molar-refractivity contribution in [3.8, 4) is 11.5 Å². The molecule has 0 fully saturated rings. The molecular weight excluding hydrogens is 362 g/mol. The van der Waals surface area contributed by atoms with Crippen LogP contribution in [-0.4, -0.2) is 23.8 Å². The summed E-state index contributed by atoms with van der Waals surface area (Å²) < 4.78 is 15.3. The third kappa shape index (κ3) is 4.50. The van der Waals surface area contributed by atoms with E-state index in [1.807, 2.05) is 31.2 Å². The SMILES string of the molecule is CC(=O)Oc1ccc(C=C2N=C(c3ccc(C)cc3)OC2=O)cc1OC(C)=O. The van der Waals surface area contributed by atoms with E-state index >= 15 is 0 Å². The molecule has 0 aromatic heterocycles. The van der Waals surface area contributed by atoms with Gasteiger partial charge in [0.15, 0.2) is 17.2 Å². The van der Waals surface area contributed by atoms with E-state index in [1.54, 1.807) is 6.07 Å². The number of benzene rings is 2. The van der Waals surface area contributed by atoms with Crippen LogP contribution in [0, 0.1) is 6.92 Å². The van der Waals surface area contributed by atoms with Crippen molar-refractivity contribution in [2.75, 3.05) is 0 Å². The lowest BCUT2D eigenvalue weighted by Gasteiger charge is -2.09. The Hall–Kier alpha value is -3.74. The van der Waals surface area contributed by atoms with Gasteiger partial charge in [-0.05, 0) is 42.8 Å². The van der Waals surface area contributed by atoms with E-state index in [4.69, 9.17) is 14.2 Å². The van der Waals surface area contributed by atoms with E-state index < -0.39 is 17.9 Å². The Balaban J connectivity index is 1.93. The van der Waals surface area contributed by atoms with Gasteiger partial charge in [-0.3, -0.25) is 9.59 Å². The molecule has 0 atom stereocenters. The molecule has 0 amide bonds.